The van der Waals surface area contributed by atoms with Gasteiger partial charge in [-0.1, -0.05) is 0 Å². The molecule has 1 unspecified atom stereocenters. The van der Waals surface area contributed by atoms with E-state index in [1.165, 1.54) is 0 Å². The minimum atomic E-state index is -0.571. The van der Waals surface area contributed by atoms with Gasteiger partial charge >= 0.3 is 0 Å². The number of hydrogen-bond acceptors (Lipinski definition) is 3. The largest absolute Gasteiger partial charge is 0.343 e. The van der Waals surface area contributed by atoms with Crippen molar-refractivity contribution in [3.05, 3.63) is 0 Å². The van der Waals surface area contributed by atoms with Crippen LogP contribution in [0, 0.1) is 0 Å². The molecule has 1 aliphatic heterocycles. The molecule has 0 radical (unpaired) electrons. The van der Waals surface area contributed by atoms with Crippen molar-refractivity contribution in [3.8, 4) is 0 Å². The molecule has 1 rings (SSSR count). The fraction of sp³-hybridized carbons (Fsp3) is 0.800. The molecule has 15 heavy (non-hydrogen) atoms. The van der Waals surface area contributed by atoms with E-state index in [0.29, 0.717) is 0 Å². The predicted octanol–water partition coefficient (Wildman–Crippen LogP) is -0.539. The first kappa shape index (κ1) is 12.0. The number of likely N-dealkylation sites (tertiary alicyclic amines) is 1. The summed E-state index contributed by atoms with van der Waals surface area (Å²) in [6.45, 7) is 4.90. The second kappa shape index (κ2) is 5.11. The fourth-order valence-corrected chi connectivity index (χ4v) is 1.62. The number of amides is 2. The molecule has 0 saturated carbocycles. The molecule has 5 heteroatoms. The van der Waals surface area contributed by atoms with E-state index in [-0.39, 0.29) is 11.8 Å². The molecular formula is C10H19N3O2. The van der Waals surface area contributed by atoms with Crippen molar-refractivity contribution in [2.75, 3.05) is 13.1 Å². The first-order valence-corrected chi connectivity index (χ1v) is 5.37. The first-order chi connectivity index (χ1) is 7.02. The van der Waals surface area contributed by atoms with E-state index in [4.69, 9.17) is 5.73 Å². The monoisotopic (exact) mass is 213 g/mol. The summed E-state index contributed by atoms with van der Waals surface area (Å²) in [4.78, 5) is 24.8. The maximum Gasteiger partial charge on any atom is 0.244 e. The number of carbonyl (C=O) groups is 2. The summed E-state index contributed by atoms with van der Waals surface area (Å²) < 4.78 is 0. The van der Waals surface area contributed by atoms with Crippen molar-refractivity contribution in [1.82, 2.24) is 10.2 Å². The summed E-state index contributed by atoms with van der Waals surface area (Å²) >= 11 is 0. The van der Waals surface area contributed by atoms with Gasteiger partial charge in [-0.05, 0) is 26.7 Å². The summed E-state index contributed by atoms with van der Waals surface area (Å²) in [5.41, 5.74) is 5.40. The van der Waals surface area contributed by atoms with Gasteiger partial charge in [-0.25, -0.2) is 0 Å². The quantitative estimate of drug-likeness (QED) is 0.661. The Hall–Kier alpha value is -1.10. The van der Waals surface area contributed by atoms with Crippen LogP contribution in [0.5, 0.6) is 0 Å². The van der Waals surface area contributed by atoms with Gasteiger partial charge in [0.2, 0.25) is 11.8 Å². The third kappa shape index (κ3) is 3.20. The molecule has 0 aromatic rings. The molecule has 0 aromatic carbocycles. The van der Waals surface area contributed by atoms with Crippen molar-refractivity contribution in [2.24, 2.45) is 5.73 Å². The van der Waals surface area contributed by atoms with Crippen LogP contribution in [-0.4, -0.2) is 41.9 Å². The van der Waals surface area contributed by atoms with Crippen LogP contribution < -0.4 is 11.1 Å². The van der Waals surface area contributed by atoms with Crippen LogP contribution in [-0.2, 0) is 9.59 Å². The second-order valence-electron chi connectivity index (χ2n) is 4.05. The Morgan fingerprint density at radius 3 is 2.27 bits per heavy atom. The predicted molar refractivity (Wildman–Crippen MR) is 57.1 cm³/mol. The molecule has 1 saturated heterocycles. The zero-order valence-corrected chi connectivity index (χ0v) is 9.32. The highest BCUT2D eigenvalue weighted by Crippen LogP contribution is 2.08. The molecule has 1 fully saturated rings. The lowest BCUT2D eigenvalue weighted by atomic mass is 10.2. The topological polar surface area (TPSA) is 75.4 Å². The zero-order valence-electron chi connectivity index (χ0n) is 9.32. The summed E-state index contributed by atoms with van der Waals surface area (Å²) in [5, 5.41) is 2.60. The second-order valence-corrected chi connectivity index (χ2v) is 4.05. The molecule has 0 bridgehead atoms. The van der Waals surface area contributed by atoms with Crippen LogP contribution in [0.15, 0.2) is 0 Å². The lowest BCUT2D eigenvalue weighted by Crippen LogP contribution is -2.50. The maximum absolute atomic E-state index is 11.8. The molecule has 0 spiro atoms. The molecule has 1 aliphatic rings. The highest BCUT2D eigenvalue weighted by molar-refractivity contribution is 5.89. The Morgan fingerprint density at radius 2 is 1.80 bits per heavy atom. The van der Waals surface area contributed by atoms with Gasteiger partial charge in [-0.2, -0.15) is 0 Å². The highest BCUT2D eigenvalue weighted by Gasteiger charge is 2.24. The summed E-state index contributed by atoms with van der Waals surface area (Å²) in [5.74, 6) is -0.295. The van der Waals surface area contributed by atoms with Crippen molar-refractivity contribution < 1.29 is 9.59 Å². The van der Waals surface area contributed by atoms with E-state index in [1.54, 1.807) is 18.7 Å². The minimum Gasteiger partial charge on any atom is -0.343 e. The normalized spacial score (nSPS) is 19.8. The maximum atomic E-state index is 11.8. The number of nitrogens with zero attached hydrogens (tertiary/aromatic N) is 1. The van der Waals surface area contributed by atoms with Crippen molar-refractivity contribution in [3.63, 3.8) is 0 Å². The highest BCUT2D eigenvalue weighted by atomic mass is 16.2. The zero-order chi connectivity index (χ0) is 11.4. The molecule has 2 atom stereocenters. The van der Waals surface area contributed by atoms with Gasteiger partial charge in [0.15, 0.2) is 0 Å². The molecular weight excluding hydrogens is 194 g/mol. The van der Waals surface area contributed by atoms with Crippen LogP contribution in [0.25, 0.3) is 0 Å². The Labute approximate surface area is 90.0 Å². The molecule has 5 nitrogen and oxygen atoms in total. The van der Waals surface area contributed by atoms with E-state index in [2.05, 4.69) is 5.32 Å². The third-order valence-electron chi connectivity index (χ3n) is 2.56. The third-order valence-corrected chi connectivity index (χ3v) is 2.56. The van der Waals surface area contributed by atoms with Gasteiger partial charge in [0.05, 0.1) is 6.04 Å². The summed E-state index contributed by atoms with van der Waals surface area (Å²) in [6.07, 6.45) is 2.11. The molecule has 3 N–H and O–H groups in total. The van der Waals surface area contributed by atoms with E-state index in [1.807, 2.05) is 0 Å². The molecule has 0 aliphatic carbocycles. The number of hydrogen-bond donors (Lipinski definition) is 2. The Kier molecular flexibility index (Phi) is 4.08. The van der Waals surface area contributed by atoms with Crippen LogP contribution in [0.3, 0.4) is 0 Å². The van der Waals surface area contributed by atoms with Gasteiger partial charge in [-0.15, -0.1) is 0 Å². The Bertz CT molecular complexity index is 247. The number of nitrogens with one attached hydrogen (secondary N) is 1. The Balaban J connectivity index is 2.42. The average molecular weight is 213 g/mol. The van der Waals surface area contributed by atoms with Crippen LogP contribution in [0.4, 0.5) is 0 Å². The van der Waals surface area contributed by atoms with E-state index in [9.17, 15) is 9.59 Å². The van der Waals surface area contributed by atoms with Gasteiger partial charge < -0.3 is 16.0 Å². The molecule has 1 heterocycles. The lowest BCUT2D eigenvalue weighted by molar-refractivity contribution is -0.135. The lowest BCUT2D eigenvalue weighted by Gasteiger charge is -2.21. The van der Waals surface area contributed by atoms with Gasteiger partial charge in [-0.3, -0.25) is 9.59 Å². The minimum absolute atomic E-state index is 0.0125. The van der Waals surface area contributed by atoms with E-state index in [0.717, 1.165) is 25.9 Å². The van der Waals surface area contributed by atoms with Gasteiger partial charge in [0.1, 0.15) is 6.04 Å². The van der Waals surface area contributed by atoms with Crippen molar-refractivity contribution in [1.29, 1.82) is 0 Å². The summed E-state index contributed by atoms with van der Waals surface area (Å²) in [7, 11) is 0. The number of rotatable bonds is 3. The average Bonchev–Trinajstić information content (AvgIpc) is 2.68. The van der Waals surface area contributed by atoms with E-state index >= 15 is 0 Å². The summed E-state index contributed by atoms with van der Waals surface area (Å²) in [6, 6.07) is -1.04. The number of carbonyl (C=O) groups excluding carboxylic acids is 2. The molecule has 86 valence electrons. The number of nitrogens with two attached hydrogens (primary N) is 1. The fourth-order valence-electron chi connectivity index (χ4n) is 1.62. The SMILES string of the molecule is CC(NC(=O)[C@@H](C)N)C(=O)N1CCCC1. The smallest absolute Gasteiger partial charge is 0.244 e. The molecule has 2 amide bonds. The first-order valence-electron chi connectivity index (χ1n) is 5.37. The van der Waals surface area contributed by atoms with Crippen LogP contribution in [0.1, 0.15) is 26.7 Å². The van der Waals surface area contributed by atoms with Gasteiger partial charge in [0.25, 0.3) is 0 Å². The standard InChI is InChI=1S/C10H19N3O2/c1-7(11)9(14)12-8(2)10(15)13-5-3-4-6-13/h7-8H,3-6,11H2,1-2H3,(H,12,14)/t7-,8?/m1/s1. The van der Waals surface area contributed by atoms with Crippen molar-refractivity contribution >= 4 is 11.8 Å². The van der Waals surface area contributed by atoms with Crippen LogP contribution in [0.2, 0.25) is 0 Å². The van der Waals surface area contributed by atoms with E-state index < -0.39 is 12.1 Å². The Morgan fingerprint density at radius 1 is 1.27 bits per heavy atom. The van der Waals surface area contributed by atoms with Crippen LogP contribution >= 0.6 is 0 Å². The van der Waals surface area contributed by atoms with Crippen molar-refractivity contribution in [2.45, 2.75) is 38.8 Å². The molecule has 0 aromatic heterocycles. The van der Waals surface area contributed by atoms with Gasteiger partial charge in [0, 0.05) is 13.1 Å².